The van der Waals surface area contributed by atoms with Crippen LogP contribution >= 0.6 is 11.6 Å². The van der Waals surface area contributed by atoms with Gasteiger partial charge in [-0.2, -0.15) is 0 Å². The van der Waals surface area contributed by atoms with Gasteiger partial charge >= 0.3 is 5.97 Å². The number of carboxylic acid groups (broad SMARTS) is 1. The van der Waals surface area contributed by atoms with E-state index in [1.165, 1.54) is 0 Å². The van der Waals surface area contributed by atoms with Crippen molar-refractivity contribution in [2.45, 2.75) is 13.2 Å². The highest BCUT2D eigenvalue weighted by Gasteiger charge is 2.22. The van der Waals surface area contributed by atoms with Crippen molar-refractivity contribution < 1.29 is 24.1 Å². The van der Waals surface area contributed by atoms with E-state index in [-0.39, 0.29) is 19.0 Å². The number of halogens is 1. The van der Waals surface area contributed by atoms with Crippen LogP contribution in [0.15, 0.2) is 79.0 Å². The van der Waals surface area contributed by atoms with E-state index < -0.39 is 5.97 Å². The standard InChI is InChI=1S/C26H20ClNO5/c27-22-10-11-24-25(33-16-32-24)21(22)14-28-13-19(12-23(28)26(29)30)18-6-8-20(9-7-18)31-15-17-4-2-1-3-5-17/h1-13H,14-16H2,(H,29,30). The van der Waals surface area contributed by atoms with E-state index in [2.05, 4.69) is 0 Å². The lowest BCUT2D eigenvalue weighted by atomic mass is 10.1. The van der Waals surface area contributed by atoms with Crippen LogP contribution in [0.2, 0.25) is 5.02 Å². The van der Waals surface area contributed by atoms with Crippen LogP contribution in [-0.4, -0.2) is 22.4 Å². The Morgan fingerprint density at radius 2 is 1.79 bits per heavy atom. The van der Waals surface area contributed by atoms with Gasteiger partial charge in [0.15, 0.2) is 11.5 Å². The second-order valence-corrected chi connectivity index (χ2v) is 8.01. The highest BCUT2D eigenvalue weighted by atomic mass is 35.5. The lowest BCUT2D eigenvalue weighted by Gasteiger charge is -2.11. The molecule has 3 aromatic carbocycles. The molecule has 1 aliphatic rings. The number of nitrogens with zero attached hydrogens (tertiary/aromatic N) is 1. The number of hydrogen-bond donors (Lipinski definition) is 1. The summed E-state index contributed by atoms with van der Waals surface area (Å²) in [6, 6.07) is 22.6. The molecule has 7 heteroatoms. The summed E-state index contributed by atoms with van der Waals surface area (Å²) in [4.78, 5) is 11.9. The fraction of sp³-hybridized carbons (Fsp3) is 0.115. The molecule has 33 heavy (non-hydrogen) atoms. The van der Waals surface area contributed by atoms with Gasteiger partial charge in [0.2, 0.25) is 6.79 Å². The minimum atomic E-state index is -1.02. The minimum absolute atomic E-state index is 0.115. The largest absolute Gasteiger partial charge is 0.489 e. The van der Waals surface area contributed by atoms with Crippen LogP contribution in [0.3, 0.4) is 0 Å². The Morgan fingerprint density at radius 1 is 1.00 bits per heavy atom. The summed E-state index contributed by atoms with van der Waals surface area (Å²) in [5.41, 5.74) is 3.59. The van der Waals surface area contributed by atoms with Crippen molar-refractivity contribution in [3.8, 4) is 28.4 Å². The van der Waals surface area contributed by atoms with Crippen molar-refractivity contribution in [2.24, 2.45) is 0 Å². The summed E-state index contributed by atoms with van der Waals surface area (Å²) in [5.74, 6) is 0.868. The maximum Gasteiger partial charge on any atom is 0.352 e. The Bertz CT molecular complexity index is 1300. The average Bonchev–Trinajstić information content (AvgIpc) is 3.48. The monoisotopic (exact) mass is 461 g/mol. The number of fused-ring (bicyclic) bond motifs is 1. The number of hydrogen-bond acceptors (Lipinski definition) is 4. The summed E-state index contributed by atoms with van der Waals surface area (Å²) >= 11 is 6.39. The Balaban J connectivity index is 1.38. The Hall–Kier alpha value is -3.90. The molecular formula is C26H20ClNO5. The molecule has 0 aliphatic carbocycles. The highest BCUT2D eigenvalue weighted by Crippen LogP contribution is 2.40. The summed E-state index contributed by atoms with van der Waals surface area (Å²) in [6.07, 6.45) is 1.80. The molecule has 1 aromatic heterocycles. The zero-order valence-corrected chi connectivity index (χ0v) is 18.3. The Kier molecular flexibility index (Phi) is 5.67. The first-order chi connectivity index (χ1) is 16.1. The van der Waals surface area contributed by atoms with Crippen LogP contribution in [0.4, 0.5) is 0 Å². The molecule has 0 bridgehead atoms. The van der Waals surface area contributed by atoms with Crippen LogP contribution in [0.5, 0.6) is 17.2 Å². The summed E-state index contributed by atoms with van der Waals surface area (Å²) < 4.78 is 18.5. The average molecular weight is 462 g/mol. The van der Waals surface area contributed by atoms with Gasteiger partial charge < -0.3 is 23.9 Å². The predicted octanol–water partition coefficient (Wildman–Crippen LogP) is 5.86. The molecule has 0 amide bonds. The highest BCUT2D eigenvalue weighted by molar-refractivity contribution is 6.31. The lowest BCUT2D eigenvalue weighted by Crippen LogP contribution is -2.09. The Morgan fingerprint density at radius 3 is 2.55 bits per heavy atom. The third-order valence-electron chi connectivity index (χ3n) is 5.47. The van der Waals surface area contributed by atoms with Crippen LogP contribution in [0.25, 0.3) is 11.1 Å². The van der Waals surface area contributed by atoms with Crippen molar-refractivity contribution >= 4 is 17.6 Å². The number of benzene rings is 3. The fourth-order valence-electron chi connectivity index (χ4n) is 3.79. The molecule has 1 aliphatic heterocycles. The number of aromatic nitrogens is 1. The molecule has 0 saturated heterocycles. The van der Waals surface area contributed by atoms with Gasteiger partial charge in [0.25, 0.3) is 0 Å². The first kappa shape index (κ1) is 21.0. The summed E-state index contributed by atoms with van der Waals surface area (Å²) in [6.45, 7) is 0.836. The second-order valence-electron chi connectivity index (χ2n) is 7.61. The normalized spacial score (nSPS) is 12.0. The maximum atomic E-state index is 11.9. The molecule has 5 rings (SSSR count). The van der Waals surface area contributed by atoms with E-state index in [9.17, 15) is 9.90 Å². The zero-order chi connectivity index (χ0) is 22.8. The van der Waals surface area contributed by atoms with E-state index in [1.807, 2.05) is 54.6 Å². The summed E-state index contributed by atoms with van der Waals surface area (Å²) in [5, 5.41) is 10.3. The van der Waals surface area contributed by atoms with Gasteiger partial charge in [0.05, 0.1) is 6.54 Å². The van der Waals surface area contributed by atoms with E-state index in [0.29, 0.717) is 28.7 Å². The topological polar surface area (TPSA) is 69.9 Å². The number of carboxylic acids is 1. The lowest BCUT2D eigenvalue weighted by molar-refractivity contribution is 0.0685. The van der Waals surface area contributed by atoms with Crippen molar-refractivity contribution in [2.75, 3.05) is 6.79 Å². The fourth-order valence-corrected chi connectivity index (χ4v) is 4.00. The predicted molar refractivity (Wildman–Crippen MR) is 124 cm³/mol. The van der Waals surface area contributed by atoms with Gasteiger partial charge in [-0.1, -0.05) is 54.1 Å². The second kappa shape index (κ2) is 8.92. The van der Waals surface area contributed by atoms with E-state index in [4.69, 9.17) is 25.8 Å². The molecule has 0 spiro atoms. The SMILES string of the molecule is O=C(O)c1cc(-c2ccc(OCc3ccccc3)cc2)cn1Cc1c(Cl)ccc2c1OCO2. The Labute approximate surface area is 195 Å². The van der Waals surface area contributed by atoms with Crippen LogP contribution < -0.4 is 14.2 Å². The molecule has 0 saturated carbocycles. The van der Waals surface area contributed by atoms with Gasteiger partial charge in [-0.05, 0) is 41.5 Å². The molecule has 0 radical (unpaired) electrons. The van der Waals surface area contributed by atoms with Crippen LogP contribution in [0.1, 0.15) is 21.6 Å². The molecule has 4 aromatic rings. The molecule has 2 heterocycles. The molecule has 0 fully saturated rings. The third-order valence-corrected chi connectivity index (χ3v) is 5.82. The van der Waals surface area contributed by atoms with Gasteiger partial charge in [0, 0.05) is 22.3 Å². The summed E-state index contributed by atoms with van der Waals surface area (Å²) in [7, 11) is 0. The van der Waals surface area contributed by atoms with E-state index >= 15 is 0 Å². The van der Waals surface area contributed by atoms with Gasteiger partial charge in [-0.15, -0.1) is 0 Å². The molecule has 0 unspecified atom stereocenters. The van der Waals surface area contributed by atoms with Crippen molar-refractivity contribution in [1.29, 1.82) is 0 Å². The quantitative estimate of drug-likeness (QED) is 0.373. The van der Waals surface area contributed by atoms with Crippen molar-refractivity contribution in [3.63, 3.8) is 0 Å². The zero-order valence-electron chi connectivity index (χ0n) is 17.5. The number of ether oxygens (including phenoxy) is 3. The maximum absolute atomic E-state index is 11.9. The van der Waals surface area contributed by atoms with Gasteiger partial charge in [0.1, 0.15) is 18.1 Å². The number of aromatic carboxylic acids is 1. The molecule has 0 atom stereocenters. The van der Waals surface area contributed by atoms with Crippen LogP contribution in [-0.2, 0) is 13.2 Å². The van der Waals surface area contributed by atoms with Crippen molar-refractivity contribution in [3.05, 3.63) is 101 Å². The number of rotatable bonds is 7. The molecule has 6 nitrogen and oxygen atoms in total. The van der Waals surface area contributed by atoms with E-state index in [0.717, 1.165) is 22.4 Å². The smallest absolute Gasteiger partial charge is 0.352 e. The van der Waals surface area contributed by atoms with Crippen molar-refractivity contribution in [1.82, 2.24) is 4.57 Å². The molecular weight excluding hydrogens is 442 g/mol. The van der Waals surface area contributed by atoms with Gasteiger partial charge in [-0.3, -0.25) is 0 Å². The first-order valence-electron chi connectivity index (χ1n) is 10.4. The van der Waals surface area contributed by atoms with Gasteiger partial charge in [-0.25, -0.2) is 4.79 Å². The van der Waals surface area contributed by atoms with Crippen LogP contribution in [0, 0.1) is 0 Å². The molecule has 1 N–H and O–H groups in total. The first-order valence-corrected chi connectivity index (χ1v) is 10.7. The van der Waals surface area contributed by atoms with E-state index in [1.54, 1.807) is 29.0 Å². The number of carbonyl (C=O) groups is 1. The molecule has 166 valence electrons. The third kappa shape index (κ3) is 4.38. The minimum Gasteiger partial charge on any atom is -0.489 e.